The highest BCUT2D eigenvalue weighted by Crippen LogP contribution is 2.38. The highest BCUT2D eigenvalue weighted by Gasteiger charge is 2.22. The second-order valence-electron chi connectivity index (χ2n) is 8.79. The Hall–Kier alpha value is -2.63. The molecule has 0 saturated carbocycles. The second-order valence-corrected chi connectivity index (χ2v) is 15.3. The summed E-state index contributed by atoms with van der Waals surface area (Å²) in [5.74, 6) is 0. The molecule has 0 aliphatic rings. The summed E-state index contributed by atoms with van der Waals surface area (Å²) >= 11 is 12.7. The van der Waals surface area contributed by atoms with Crippen LogP contribution in [0, 0.1) is 11.3 Å². The van der Waals surface area contributed by atoms with Crippen LogP contribution in [0.25, 0.3) is 33.5 Å². The summed E-state index contributed by atoms with van der Waals surface area (Å²) in [5, 5.41) is 18.9. The third-order valence-corrected chi connectivity index (χ3v) is 7.50. The van der Waals surface area contributed by atoms with Crippen molar-refractivity contribution < 1.29 is 4.74 Å². The number of benzene rings is 1. The van der Waals surface area contributed by atoms with Crippen molar-refractivity contribution in [2.75, 3.05) is 6.61 Å². The number of hydrogen-bond acceptors (Lipinski definition) is 4. The van der Waals surface area contributed by atoms with E-state index >= 15 is 0 Å². The average Bonchev–Trinajstić information content (AvgIpc) is 3.35. The van der Waals surface area contributed by atoms with Crippen LogP contribution in [0.5, 0.6) is 0 Å². The Morgan fingerprint density at radius 2 is 1.97 bits per heavy atom. The van der Waals surface area contributed by atoms with Crippen molar-refractivity contribution >= 4 is 42.3 Å². The smallest absolute Gasteiger partial charge is 0.155 e. The molecule has 9 heteroatoms. The van der Waals surface area contributed by atoms with Crippen LogP contribution in [-0.4, -0.2) is 34.4 Å². The van der Waals surface area contributed by atoms with E-state index in [0.717, 1.165) is 28.3 Å². The van der Waals surface area contributed by atoms with Gasteiger partial charge in [0.05, 0.1) is 28.2 Å². The number of ether oxygens (including phenoxy) is 1. The van der Waals surface area contributed by atoms with Crippen LogP contribution in [0.3, 0.4) is 0 Å². The zero-order chi connectivity index (χ0) is 22.9. The van der Waals surface area contributed by atoms with Gasteiger partial charge in [-0.1, -0.05) is 42.8 Å². The van der Waals surface area contributed by atoms with Gasteiger partial charge in [0, 0.05) is 42.4 Å². The molecule has 3 aromatic heterocycles. The van der Waals surface area contributed by atoms with Crippen molar-refractivity contribution in [1.29, 1.82) is 5.26 Å². The molecule has 0 aliphatic heterocycles. The summed E-state index contributed by atoms with van der Waals surface area (Å²) in [7, 11) is -1.24. The first kappa shape index (κ1) is 22.6. The first-order valence-electron chi connectivity index (χ1n) is 10.2. The molecule has 1 N–H and O–H groups in total. The fourth-order valence-electron chi connectivity index (χ4n) is 3.57. The van der Waals surface area contributed by atoms with Gasteiger partial charge in [0.25, 0.3) is 0 Å². The van der Waals surface area contributed by atoms with Crippen molar-refractivity contribution in [3.63, 3.8) is 0 Å². The van der Waals surface area contributed by atoms with Crippen molar-refractivity contribution in [3.8, 4) is 28.6 Å². The number of fused-ring (bicyclic) bond motifs is 1. The van der Waals surface area contributed by atoms with Gasteiger partial charge in [0.15, 0.2) is 5.65 Å². The molecule has 0 aliphatic carbocycles. The largest absolute Gasteiger partial charge is 0.361 e. The van der Waals surface area contributed by atoms with Crippen LogP contribution in [0.2, 0.25) is 35.7 Å². The fourth-order valence-corrected chi connectivity index (χ4v) is 4.83. The molecular formula is C23H23Cl2N5OSi. The van der Waals surface area contributed by atoms with Gasteiger partial charge < -0.3 is 9.30 Å². The summed E-state index contributed by atoms with van der Waals surface area (Å²) in [4.78, 5) is 4.34. The second kappa shape index (κ2) is 9.08. The molecule has 0 bridgehead atoms. The van der Waals surface area contributed by atoms with Gasteiger partial charge in [-0.15, -0.1) is 0 Å². The number of rotatable bonds is 7. The Morgan fingerprint density at radius 1 is 1.16 bits per heavy atom. The lowest BCUT2D eigenvalue weighted by Crippen LogP contribution is -2.22. The lowest BCUT2D eigenvalue weighted by atomic mass is 10.1. The van der Waals surface area contributed by atoms with Crippen LogP contribution in [0.4, 0.5) is 0 Å². The van der Waals surface area contributed by atoms with Crippen LogP contribution < -0.4 is 0 Å². The molecule has 0 radical (unpaired) electrons. The molecule has 6 nitrogen and oxygen atoms in total. The van der Waals surface area contributed by atoms with Crippen molar-refractivity contribution in [3.05, 3.63) is 58.3 Å². The van der Waals surface area contributed by atoms with E-state index in [4.69, 9.17) is 27.9 Å². The number of halogens is 2. The van der Waals surface area contributed by atoms with E-state index in [2.05, 4.69) is 40.9 Å². The first-order valence-corrected chi connectivity index (χ1v) is 14.7. The van der Waals surface area contributed by atoms with Gasteiger partial charge in [-0.2, -0.15) is 10.4 Å². The van der Waals surface area contributed by atoms with E-state index in [1.165, 1.54) is 0 Å². The third-order valence-electron chi connectivity index (χ3n) is 5.25. The quantitative estimate of drug-likeness (QED) is 0.237. The molecular weight excluding hydrogens is 461 g/mol. The van der Waals surface area contributed by atoms with E-state index in [9.17, 15) is 5.26 Å². The minimum Gasteiger partial charge on any atom is -0.361 e. The number of nitrogens with zero attached hydrogens (tertiary/aromatic N) is 4. The Kier molecular flexibility index (Phi) is 6.40. The summed E-state index contributed by atoms with van der Waals surface area (Å²) < 4.78 is 8.11. The van der Waals surface area contributed by atoms with Gasteiger partial charge in [0.2, 0.25) is 0 Å². The molecule has 0 amide bonds. The maximum Gasteiger partial charge on any atom is 0.155 e. The maximum absolute atomic E-state index is 9.96. The highest BCUT2D eigenvalue weighted by molar-refractivity contribution is 6.76. The Bertz CT molecular complexity index is 1320. The molecule has 0 fully saturated rings. The molecule has 4 aromatic rings. The number of aromatic amines is 1. The van der Waals surface area contributed by atoms with E-state index in [1.807, 2.05) is 22.8 Å². The maximum atomic E-state index is 9.96. The number of hydrogen-bond donors (Lipinski definition) is 1. The number of aromatic nitrogens is 4. The molecule has 0 atom stereocenters. The molecule has 0 spiro atoms. The zero-order valence-corrected chi connectivity index (χ0v) is 20.6. The lowest BCUT2D eigenvalue weighted by Gasteiger charge is -2.18. The number of nitrogens with one attached hydrogen (secondary N) is 1. The number of nitriles is 1. The van der Waals surface area contributed by atoms with Gasteiger partial charge in [-0.25, -0.2) is 4.98 Å². The summed E-state index contributed by atoms with van der Waals surface area (Å²) in [6.07, 6.45) is 3.46. The van der Waals surface area contributed by atoms with Crippen molar-refractivity contribution in [2.24, 2.45) is 0 Å². The molecule has 164 valence electrons. The molecule has 1 aromatic carbocycles. The summed E-state index contributed by atoms with van der Waals surface area (Å²) in [6, 6.07) is 12.4. The van der Waals surface area contributed by atoms with Crippen LogP contribution in [0.1, 0.15) is 5.56 Å². The van der Waals surface area contributed by atoms with Gasteiger partial charge >= 0.3 is 0 Å². The molecule has 3 heterocycles. The Labute approximate surface area is 197 Å². The molecule has 32 heavy (non-hydrogen) atoms. The molecule has 0 unspecified atom stereocenters. The topological polar surface area (TPSA) is 79.5 Å². The van der Waals surface area contributed by atoms with Crippen LogP contribution in [0.15, 0.2) is 42.7 Å². The SMILES string of the molecule is C[Si](C)(C)CCOCn1c(-c2ccnc3[nH]ncc23)cc(C#N)c1-c1ccc(Cl)cc1Cl. The molecule has 4 rings (SSSR count). The van der Waals surface area contributed by atoms with Gasteiger partial charge in [-0.3, -0.25) is 5.10 Å². The standard InChI is InChI=1S/C23H23Cl2N5OSi/c1-32(2,3)9-8-31-14-30-21(17-6-7-27-23-19(17)13-28-29-23)10-15(12-26)22(30)18-5-4-16(24)11-20(18)25/h4-7,10-11,13H,8-9,14H2,1-3H3,(H,27,28,29). The molecule has 0 saturated heterocycles. The first-order chi connectivity index (χ1) is 15.3. The minimum atomic E-state index is -1.24. The van der Waals surface area contributed by atoms with Crippen molar-refractivity contribution in [1.82, 2.24) is 19.7 Å². The van der Waals surface area contributed by atoms with E-state index in [-0.39, 0.29) is 6.73 Å². The van der Waals surface area contributed by atoms with Gasteiger partial charge in [0.1, 0.15) is 12.8 Å². The third kappa shape index (κ3) is 4.59. The van der Waals surface area contributed by atoms with Crippen molar-refractivity contribution in [2.45, 2.75) is 32.4 Å². The van der Waals surface area contributed by atoms with E-state index in [1.54, 1.807) is 24.5 Å². The highest BCUT2D eigenvalue weighted by atomic mass is 35.5. The lowest BCUT2D eigenvalue weighted by molar-refractivity contribution is 0.0896. The fraction of sp³-hybridized carbons (Fsp3) is 0.261. The Morgan fingerprint density at radius 3 is 2.69 bits per heavy atom. The predicted molar refractivity (Wildman–Crippen MR) is 132 cm³/mol. The number of H-pyrrole nitrogens is 1. The summed E-state index contributed by atoms with van der Waals surface area (Å²) in [6.45, 7) is 7.89. The van der Waals surface area contributed by atoms with Crippen LogP contribution >= 0.6 is 23.2 Å². The van der Waals surface area contributed by atoms with Gasteiger partial charge in [-0.05, 0) is 36.4 Å². The monoisotopic (exact) mass is 483 g/mol. The van der Waals surface area contributed by atoms with E-state index < -0.39 is 8.07 Å². The number of pyridine rings is 1. The van der Waals surface area contributed by atoms with Crippen LogP contribution in [-0.2, 0) is 11.5 Å². The van der Waals surface area contributed by atoms with E-state index in [0.29, 0.717) is 33.6 Å². The minimum absolute atomic E-state index is 0.289. The Balaban J connectivity index is 1.87. The average molecular weight is 484 g/mol. The zero-order valence-electron chi connectivity index (χ0n) is 18.1. The predicted octanol–water partition coefficient (Wildman–Crippen LogP) is 6.58. The normalized spacial score (nSPS) is 11.8. The summed E-state index contributed by atoms with van der Waals surface area (Å²) in [5.41, 5.74) is 4.36.